The van der Waals surface area contributed by atoms with E-state index in [0.29, 0.717) is 5.02 Å². The third kappa shape index (κ3) is 3.44. The SMILES string of the molecule is O=C(C=C(O)c1nn[nH]n1)c1ccn(S(=O)(=O)c2ccc(Cl)cc2)c1. The van der Waals surface area contributed by atoms with Crippen molar-refractivity contribution in [3.63, 3.8) is 0 Å². The fourth-order valence-corrected chi connectivity index (χ4v) is 3.27. The van der Waals surface area contributed by atoms with Crippen molar-refractivity contribution in [2.75, 3.05) is 0 Å². The van der Waals surface area contributed by atoms with E-state index in [-0.39, 0.29) is 16.3 Å². The first kappa shape index (κ1) is 16.9. The monoisotopic (exact) mass is 379 g/mol. The maximum atomic E-state index is 12.5. The van der Waals surface area contributed by atoms with Crippen LogP contribution in [0.1, 0.15) is 16.2 Å². The first-order chi connectivity index (χ1) is 11.9. The second kappa shape index (κ2) is 6.49. The average Bonchev–Trinajstić information content (AvgIpc) is 3.27. The van der Waals surface area contributed by atoms with Crippen LogP contribution in [0.3, 0.4) is 0 Å². The molecule has 0 saturated heterocycles. The quantitative estimate of drug-likeness (QED) is 0.391. The molecule has 0 unspecified atom stereocenters. The van der Waals surface area contributed by atoms with E-state index in [9.17, 15) is 18.3 Å². The summed E-state index contributed by atoms with van der Waals surface area (Å²) in [6.07, 6.45) is 3.25. The van der Waals surface area contributed by atoms with Crippen LogP contribution in [0.4, 0.5) is 0 Å². The summed E-state index contributed by atoms with van der Waals surface area (Å²) in [5.74, 6) is -1.26. The molecule has 0 atom stereocenters. The van der Waals surface area contributed by atoms with Gasteiger partial charge in [-0.25, -0.2) is 12.4 Å². The highest BCUT2D eigenvalue weighted by Crippen LogP contribution is 2.18. The van der Waals surface area contributed by atoms with E-state index in [2.05, 4.69) is 20.6 Å². The number of ketones is 1. The molecule has 0 aliphatic heterocycles. The third-order valence-electron chi connectivity index (χ3n) is 3.18. The lowest BCUT2D eigenvalue weighted by atomic mass is 10.2. The van der Waals surface area contributed by atoms with Gasteiger partial charge in [0.2, 0.25) is 5.82 Å². The van der Waals surface area contributed by atoms with Crippen LogP contribution in [0.2, 0.25) is 5.02 Å². The molecule has 11 heteroatoms. The minimum Gasteiger partial charge on any atom is -0.504 e. The number of aliphatic hydroxyl groups excluding tert-OH is 1. The number of hydrogen-bond acceptors (Lipinski definition) is 7. The number of rotatable bonds is 5. The summed E-state index contributed by atoms with van der Waals surface area (Å²) < 4.78 is 25.9. The fraction of sp³-hybridized carbons (Fsp3) is 0. The molecule has 3 rings (SSSR count). The van der Waals surface area contributed by atoms with E-state index >= 15 is 0 Å². The van der Waals surface area contributed by atoms with Crippen LogP contribution < -0.4 is 0 Å². The normalized spacial score (nSPS) is 12.3. The molecule has 0 spiro atoms. The van der Waals surface area contributed by atoms with E-state index in [0.717, 1.165) is 16.2 Å². The minimum absolute atomic E-state index is 0.0247. The molecule has 9 nitrogen and oxygen atoms in total. The molecule has 1 aromatic carbocycles. The largest absolute Gasteiger partial charge is 0.504 e. The summed E-state index contributed by atoms with van der Waals surface area (Å²) in [7, 11) is -3.86. The number of carbonyl (C=O) groups is 1. The Morgan fingerprint density at radius 2 is 1.96 bits per heavy atom. The smallest absolute Gasteiger partial charge is 0.267 e. The second-order valence-electron chi connectivity index (χ2n) is 4.82. The number of aromatic amines is 1. The molecule has 128 valence electrons. The molecule has 3 aromatic rings. The van der Waals surface area contributed by atoms with Gasteiger partial charge >= 0.3 is 0 Å². The van der Waals surface area contributed by atoms with Gasteiger partial charge in [-0.3, -0.25) is 4.79 Å². The van der Waals surface area contributed by atoms with Gasteiger partial charge < -0.3 is 5.11 Å². The lowest BCUT2D eigenvalue weighted by molar-refractivity contribution is 0.104. The lowest BCUT2D eigenvalue weighted by Gasteiger charge is -2.05. The van der Waals surface area contributed by atoms with E-state index in [1.54, 1.807) is 0 Å². The molecule has 0 radical (unpaired) electrons. The Kier molecular flexibility index (Phi) is 4.38. The third-order valence-corrected chi connectivity index (χ3v) is 5.09. The van der Waals surface area contributed by atoms with Gasteiger partial charge in [-0.2, -0.15) is 5.21 Å². The van der Waals surface area contributed by atoms with Crippen molar-refractivity contribution < 1.29 is 18.3 Å². The maximum absolute atomic E-state index is 12.5. The molecular weight excluding hydrogens is 370 g/mol. The number of aromatic nitrogens is 5. The van der Waals surface area contributed by atoms with Crippen LogP contribution in [0, 0.1) is 0 Å². The number of benzene rings is 1. The number of halogens is 1. The van der Waals surface area contributed by atoms with Crippen LogP contribution >= 0.6 is 11.6 Å². The molecule has 25 heavy (non-hydrogen) atoms. The molecule has 0 bridgehead atoms. The highest BCUT2D eigenvalue weighted by Gasteiger charge is 2.18. The molecule has 0 aliphatic rings. The standard InChI is InChI=1S/C14H10ClN5O4S/c15-10-1-3-11(4-2-10)25(23,24)20-6-5-9(8-20)12(21)7-13(22)14-16-18-19-17-14/h1-8,22H,(H,16,17,18,19). The van der Waals surface area contributed by atoms with Crippen molar-refractivity contribution in [1.29, 1.82) is 0 Å². The number of nitrogens with one attached hydrogen (secondary N) is 1. The summed E-state index contributed by atoms with van der Waals surface area (Å²) in [5.41, 5.74) is 0.0626. The Hall–Kier alpha value is -2.98. The van der Waals surface area contributed by atoms with Crippen molar-refractivity contribution in [2.24, 2.45) is 0 Å². The van der Waals surface area contributed by atoms with Crippen molar-refractivity contribution in [2.45, 2.75) is 4.90 Å². The summed E-state index contributed by atoms with van der Waals surface area (Å²) >= 11 is 5.75. The fourth-order valence-electron chi connectivity index (χ4n) is 1.94. The van der Waals surface area contributed by atoms with Crippen LogP contribution in [0.25, 0.3) is 5.76 Å². The number of H-pyrrole nitrogens is 1. The number of carbonyl (C=O) groups excluding carboxylic acids is 1. The zero-order chi connectivity index (χ0) is 18.0. The molecule has 0 saturated carbocycles. The molecule has 2 aromatic heterocycles. The van der Waals surface area contributed by atoms with E-state index in [4.69, 9.17) is 11.6 Å². The van der Waals surface area contributed by atoms with Crippen LogP contribution in [-0.2, 0) is 10.0 Å². The average molecular weight is 380 g/mol. The molecule has 0 fully saturated rings. The molecular formula is C14H10ClN5O4S. The number of aliphatic hydroxyl groups is 1. The van der Waals surface area contributed by atoms with Crippen molar-refractivity contribution in [1.82, 2.24) is 24.6 Å². The van der Waals surface area contributed by atoms with Gasteiger partial charge in [-0.15, -0.1) is 10.2 Å². The zero-order valence-electron chi connectivity index (χ0n) is 12.4. The van der Waals surface area contributed by atoms with Gasteiger partial charge in [0.15, 0.2) is 11.5 Å². The topological polar surface area (TPSA) is 131 Å². The summed E-state index contributed by atoms with van der Waals surface area (Å²) in [6, 6.07) is 6.95. The van der Waals surface area contributed by atoms with E-state index < -0.39 is 21.6 Å². The van der Waals surface area contributed by atoms with Gasteiger partial charge in [-0.05, 0) is 35.5 Å². The number of allylic oxidation sites excluding steroid dienone is 1. The Morgan fingerprint density at radius 3 is 2.60 bits per heavy atom. The minimum atomic E-state index is -3.86. The Balaban J connectivity index is 1.88. The van der Waals surface area contributed by atoms with Crippen LogP contribution in [0.5, 0.6) is 0 Å². The lowest BCUT2D eigenvalue weighted by Crippen LogP contribution is -2.11. The second-order valence-corrected chi connectivity index (χ2v) is 7.10. The van der Waals surface area contributed by atoms with Gasteiger partial charge in [-0.1, -0.05) is 11.6 Å². The Bertz CT molecular complexity index is 1040. The van der Waals surface area contributed by atoms with E-state index in [1.165, 1.54) is 36.5 Å². The van der Waals surface area contributed by atoms with E-state index in [1.807, 2.05) is 0 Å². The van der Waals surface area contributed by atoms with Gasteiger partial charge in [0.1, 0.15) is 0 Å². The number of tetrazole rings is 1. The van der Waals surface area contributed by atoms with Gasteiger partial charge in [0.25, 0.3) is 10.0 Å². The highest BCUT2D eigenvalue weighted by atomic mass is 35.5. The maximum Gasteiger partial charge on any atom is 0.267 e. The van der Waals surface area contributed by atoms with Crippen molar-refractivity contribution in [3.05, 3.63) is 65.2 Å². The number of hydrogen-bond donors (Lipinski definition) is 2. The summed E-state index contributed by atoms with van der Waals surface area (Å²) in [6.45, 7) is 0. The first-order valence-corrected chi connectivity index (χ1v) is 8.57. The predicted octanol–water partition coefficient (Wildman–Crippen LogP) is 1.67. The molecule has 0 aliphatic carbocycles. The Labute approximate surface area is 146 Å². The number of nitrogens with zero attached hydrogens (tertiary/aromatic N) is 4. The predicted molar refractivity (Wildman–Crippen MR) is 87.6 cm³/mol. The van der Waals surface area contributed by atoms with Gasteiger partial charge in [0.05, 0.1) is 4.90 Å². The summed E-state index contributed by atoms with van der Waals surface area (Å²) in [4.78, 5) is 12.1. The summed E-state index contributed by atoms with van der Waals surface area (Å²) in [5, 5.41) is 22.6. The molecule has 2 N–H and O–H groups in total. The highest BCUT2D eigenvalue weighted by molar-refractivity contribution is 7.90. The van der Waals surface area contributed by atoms with Crippen LogP contribution in [-0.4, -0.2) is 43.9 Å². The van der Waals surface area contributed by atoms with Gasteiger partial charge in [0, 0.05) is 29.1 Å². The van der Waals surface area contributed by atoms with Crippen molar-refractivity contribution in [3.8, 4) is 0 Å². The van der Waals surface area contributed by atoms with Crippen molar-refractivity contribution >= 4 is 33.2 Å². The van der Waals surface area contributed by atoms with Crippen LogP contribution in [0.15, 0.2) is 53.7 Å². The first-order valence-electron chi connectivity index (χ1n) is 6.76. The molecule has 0 amide bonds. The molecule has 2 heterocycles. The zero-order valence-corrected chi connectivity index (χ0v) is 13.9. The Morgan fingerprint density at radius 1 is 1.24 bits per heavy atom.